The van der Waals surface area contributed by atoms with Gasteiger partial charge in [-0.2, -0.15) is 10.3 Å². The summed E-state index contributed by atoms with van der Waals surface area (Å²) in [5, 5.41) is 9.65. The van der Waals surface area contributed by atoms with Gasteiger partial charge in [0, 0.05) is 0 Å². The quantitative estimate of drug-likeness (QED) is 0.829. The molecule has 0 atom stereocenters. The average Bonchev–Trinajstić information content (AvgIpc) is 2.49. The molecule has 0 saturated heterocycles. The van der Waals surface area contributed by atoms with Crippen LogP contribution in [0.3, 0.4) is 0 Å². The summed E-state index contributed by atoms with van der Waals surface area (Å²) >= 11 is 6.35. The third-order valence-electron chi connectivity index (χ3n) is 4.17. The zero-order valence-corrected chi connectivity index (χ0v) is 12.8. The molecule has 3 rings (SSSR count). The first-order valence-electron chi connectivity index (χ1n) is 7.25. The van der Waals surface area contributed by atoms with Gasteiger partial charge in [-0.1, -0.05) is 18.0 Å². The molecule has 6 nitrogen and oxygen atoms in total. The zero-order chi connectivity index (χ0) is 15.7. The lowest BCUT2D eigenvalue weighted by atomic mass is 9.87. The lowest BCUT2D eigenvalue weighted by Crippen LogP contribution is -2.58. The molecule has 1 aliphatic carbocycles. The lowest BCUT2D eigenvalue weighted by Gasteiger charge is -2.45. The molecule has 1 heterocycles. The van der Waals surface area contributed by atoms with Crippen molar-refractivity contribution >= 4 is 29.2 Å². The molecule has 2 aliphatic rings. The van der Waals surface area contributed by atoms with Crippen molar-refractivity contribution in [2.45, 2.75) is 37.8 Å². The number of guanidine groups is 2. The van der Waals surface area contributed by atoms with Gasteiger partial charge in [-0.05, 0) is 43.9 Å². The van der Waals surface area contributed by atoms with E-state index in [1.54, 1.807) is 18.2 Å². The summed E-state index contributed by atoms with van der Waals surface area (Å²) in [6.45, 7) is 0. The highest BCUT2D eigenvalue weighted by Gasteiger charge is 2.43. The van der Waals surface area contributed by atoms with Gasteiger partial charge >= 0.3 is 0 Å². The summed E-state index contributed by atoms with van der Waals surface area (Å²) in [4.78, 5) is 10.5. The Morgan fingerprint density at radius 3 is 2.64 bits per heavy atom. The van der Waals surface area contributed by atoms with Gasteiger partial charge < -0.3 is 11.5 Å². The van der Waals surface area contributed by atoms with Crippen LogP contribution >= 0.6 is 11.6 Å². The number of halogens is 1. The van der Waals surface area contributed by atoms with Gasteiger partial charge in [0.2, 0.25) is 11.9 Å². The van der Waals surface area contributed by atoms with Crippen LogP contribution in [0, 0.1) is 11.3 Å². The van der Waals surface area contributed by atoms with Gasteiger partial charge in [-0.3, -0.25) is 4.90 Å². The van der Waals surface area contributed by atoms with Crippen molar-refractivity contribution in [3.8, 4) is 6.07 Å². The van der Waals surface area contributed by atoms with Crippen molar-refractivity contribution in [1.29, 1.82) is 5.26 Å². The van der Waals surface area contributed by atoms with Gasteiger partial charge in [-0.15, -0.1) is 0 Å². The predicted octanol–water partition coefficient (Wildman–Crippen LogP) is 2.32. The normalized spacial score (nSPS) is 20.3. The molecule has 4 N–H and O–H groups in total. The molecule has 114 valence electrons. The second kappa shape index (κ2) is 5.50. The van der Waals surface area contributed by atoms with E-state index in [0.717, 1.165) is 32.1 Å². The van der Waals surface area contributed by atoms with Crippen LogP contribution in [-0.4, -0.2) is 17.6 Å². The van der Waals surface area contributed by atoms with E-state index in [0.29, 0.717) is 16.3 Å². The Morgan fingerprint density at radius 2 is 1.95 bits per heavy atom. The predicted molar refractivity (Wildman–Crippen MR) is 87.7 cm³/mol. The maximum atomic E-state index is 9.14. The summed E-state index contributed by atoms with van der Waals surface area (Å²) in [7, 11) is 0. The van der Waals surface area contributed by atoms with Crippen LogP contribution in [0.15, 0.2) is 28.2 Å². The van der Waals surface area contributed by atoms with Gasteiger partial charge in [0.25, 0.3) is 0 Å². The van der Waals surface area contributed by atoms with E-state index in [1.165, 1.54) is 0 Å². The molecule has 0 aromatic heterocycles. The van der Waals surface area contributed by atoms with Crippen LogP contribution in [0.2, 0.25) is 5.02 Å². The van der Waals surface area contributed by atoms with Crippen molar-refractivity contribution < 1.29 is 0 Å². The summed E-state index contributed by atoms with van der Waals surface area (Å²) in [5.74, 6) is 0.467. The Balaban J connectivity index is 2.14. The Kier molecular flexibility index (Phi) is 3.67. The first-order valence-corrected chi connectivity index (χ1v) is 7.63. The minimum absolute atomic E-state index is 0.197. The smallest absolute Gasteiger partial charge is 0.220 e. The van der Waals surface area contributed by atoms with Crippen LogP contribution in [0.25, 0.3) is 0 Å². The minimum Gasteiger partial charge on any atom is -0.369 e. The largest absolute Gasteiger partial charge is 0.369 e. The number of hydrogen-bond acceptors (Lipinski definition) is 6. The van der Waals surface area contributed by atoms with E-state index in [1.807, 2.05) is 4.90 Å². The summed E-state index contributed by atoms with van der Waals surface area (Å²) < 4.78 is 0. The van der Waals surface area contributed by atoms with Crippen LogP contribution < -0.4 is 16.4 Å². The molecule has 22 heavy (non-hydrogen) atoms. The van der Waals surface area contributed by atoms with E-state index in [4.69, 9.17) is 28.3 Å². The van der Waals surface area contributed by atoms with Gasteiger partial charge in [0.05, 0.1) is 22.3 Å². The number of aliphatic imine (C=N–C) groups is 2. The monoisotopic (exact) mass is 316 g/mol. The molecular formula is C15H17ClN6. The van der Waals surface area contributed by atoms with Crippen molar-refractivity contribution in [2.75, 3.05) is 4.90 Å². The lowest BCUT2D eigenvalue weighted by molar-refractivity contribution is 0.305. The van der Waals surface area contributed by atoms with Crippen LogP contribution in [0.1, 0.15) is 37.7 Å². The van der Waals surface area contributed by atoms with Crippen molar-refractivity contribution in [1.82, 2.24) is 0 Å². The fourth-order valence-electron chi connectivity index (χ4n) is 3.22. The Labute approximate surface area is 134 Å². The minimum atomic E-state index is -0.550. The van der Waals surface area contributed by atoms with E-state index in [2.05, 4.69) is 16.1 Å². The number of nitriles is 1. The van der Waals surface area contributed by atoms with Crippen LogP contribution in [0.4, 0.5) is 5.69 Å². The highest BCUT2D eigenvalue weighted by Crippen LogP contribution is 2.41. The molecule has 1 aromatic carbocycles. The Morgan fingerprint density at radius 1 is 1.23 bits per heavy atom. The molecular weight excluding hydrogens is 300 g/mol. The SMILES string of the molecule is N#Cc1ccc(Cl)c(N2C(N)=NC(N)=NC23CCCCC3)c1. The number of hydrogen-bond donors (Lipinski definition) is 2. The molecule has 0 unspecified atom stereocenters. The Hall–Kier alpha value is -2.26. The van der Waals surface area contributed by atoms with Crippen molar-refractivity contribution in [2.24, 2.45) is 21.5 Å². The van der Waals surface area contributed by atoms with Crippen molar-refractivity contribution in [3.63, 3.8) is 0 Å². The molecule has 1 aromatic rings. The van der Waals surface area contributed by atoms with Crippen molar-refractivity contribution in [3.05, 3.63) is 28.8 Å². The topological polar surface area (TPSA) is 104 Å². The summed E-state index contributed by atoms with van der Waals surface area (Å²) in [5.41, 5.74) is 12.6. The average molecular weight is 317 g/mol. The standard InChI is InChI=1S/C15H17ClN6/c16-11-5-4-10(9-17)8-12(11)22-14(19)20-13(18)21-15(22)6-2-1-3-7-15/h4-5,8H,1-3,6-7H2,(H4,18,19,20,21). The molecule has 1 fully saturated rings. The highest BCUT2D eigenvalue weighted by atomic mass is 35.5. The number of rotatable bonds is 1. The number of benzene rings is 1. The van der Waals surface area contributed by atoms with E-state index < -0.39 is 5.66 Å². The van der Waals surface area contributed by atoms with Gasteiger partial charge in [-0.25, -0.2) is 4.99 Å². The van der Waals surface area contributed by atoms with Crippen LogP contribution in [0.5, 0.6) is 0 Å². The van der Waals surface area contributed by atoms with E-state index >= 15 is 0 Å². The summed E-state index contributed by atoms with van der Waals surface area (Å²) in [6, 6.07) is 7.21. The molecule has 1 aliphatic heterocycles. The molecule has 7 heteroatoms. The molecule has 0 radical (unpaired) electrons. The van der Waals surface area contributed by atoms with E-state index in [-0.39, 0.29) is 11.9 Å². The van der Waals surface area contributed by atoms with Crippen LogP contribution in [-0.2, 0) is 0 Å². The third-order valence-corrected chi connectivity index (χ3v) is 4.49. The number of anilines is 1. The summed E-state index contributed by atoms with van der Waals surface area (Å²) in [6.07, 6.45) is 4.90. The van der Waals surface area contributed by atoms with E-state index in [9.17, 15) is 0 Å². The molecule has 0 bridgehead atoms. The fourth-order valence-corrected chi connectivity index (χ4v) is 3.43. The zero-order valence-electron chi connectivity index (χ0n) is 12.1. The maximum Gasteiger partial charge on any atom is 0.220 e. The molecule has 1 saturated carbocycles. The fraction of sp³-hybridized carbons (Fsp3) is 0.400. The Bertz CT molecular complexity index is 696. The maximum absolute atomic E-state index is 9.14. The third kappa shape index (κ3) is 2.38. The number of nitrogens with zero attached hydrogens (tertiary/aromatic N) is 4. The highest BCUT2D eigenvalue weighted by molar-refractivity contribution is 6.34. The van der Waals surface area contributed by atoms with Gasteiger partial charge in [0.15, 0.2) is 0 Å². The first kappa shape index (κ1) is 14.7. The van der Waals surface area contributed by atoms with Gasteiger partial charge in [0.1, 0.15) is 5.66 Å². The second-order valence-electron chi connectivity index (χ2n) is 5.60. The molecule has 1 spiro atoms. The molecule has 0 amide bonds. The first-order chi connectivity index (χ1) is 10.6. The second-order valence-corrected chi connectivity index (χ2v) is 6.00. The number of nitrogens with two attached hydrogens (primary N) is 2.